The second-order valence-corrected chi connectivity index (χ2v) is 11.5. The number of rotatable bonds is 4. The molecule has 190 valence electrons. The number of amides is 1. The van der Waals surface area contributed by atoms with Crippen molar-refractivity contribution in [1.29, 1.82) is 0 Å². The summed E-state index contributed by atoms with van der Waals surface area (Å²) in [6.45, 7) is 12.8. The van der Waals surface area contributed by atoms with Crippen LogP contribution in [0.1, 0.15) is 51.2 Å². The van der Waals surface area contributed by atoms with Gasteiger partial charge < -0.3 is 14.5 Å². The summed E-state index contributed by atoms with van der Waals surface area (Å²) >= 11 is 1.46. The Balaban J connectivity index is 1.38. The molecule has 3 aliphatic rings. The fraction of sp³-hybridized carbons (Fsp3) is 0.448. The molecule has 1 amide bonds. The summed E-state index contributed by atoms with van der Waals surface area (Å²) in [6.07, 6.45) is 3.13. The maximum Gasteiger partial charge on any atom is 0.266 e. The maximum absolute atomic E-state index is 13.2. The van der Waals surface area contributed by atoms with Gasteiger partial charge in [0.2, 0.25) is 0 Å². The van der Waals surface area contributed by atoms with Gasteiger partial charge in [0.1, 0.15) is 0 Å². The Morgan fingerprint density at radius 2 is 1.86 bits per heavy atom. The molecule has 5 rings (SSSR count). The molecule has 36 heavy (non-hydrogen) atoms. The number of carbonyl (C=O) groups excluding carboxylic acids is 1. The Morgan fingerprint density at radius 3 is 2.56 bits per heavy atom. The molecule has 2 fully saturated rings. The minimum Gasteiger partial charge on any atom is -0.378 e. The monoisotopic (exact) mass is 504 g/mol. The molecule has 3 aliphatic heterocycles. The summed E-state index contributed by atoms with van der Waals surface area (Å²) in [7, 11) is 2.18. The number of morpholine rings is 1. The molecular formula is C29H36N4O2S. The molecule has 0 spiro atoms. The fourth-order valence-corrected chi connectivity index (χ4v) is 6.44. The van der Waals surface area contributed by atoms with Gasteiger partial charge in [0.25, 0.3) is 5.91 Å². The van der Waals surface area contributed by atoms with Crippen LogP contribution in [-0.4, -0.2) is 61.4 Å². The Kier molecular flexibility index (Phi) is 6.88. The summed E-state index contributed by atoms with van der Waals surface area (Å²) in [4.78, 5) is 25.3. The van der Waals surface area contributed by atoms with Gasteiger partial charge in [0.15, 0.2) is 5.17 Å². The number of nitrogens with zero attached hydrogens (tertiary/aromatic N) is 4. The van der Waals surface area contributed by atoms with E-state index in [4.69, 9.17) is 9.73 Å². The van der Waals surface area contributed by atoms with E-state index < -0.39 is 0 Å². The van der Waals surface area contributed by atoms with Crippen LogP contribution < -0.4 is 9.80 Å². The van der Waals surface area contributed by atoms with Crippen molar-refractivity contribution in [2.75, 3.05) is 49.7 Å². The van der Waals surface area contributed by atoms with Crippen LogP contribution in [-0.2, 0) is 9.53 Å². The van der Waals surface area contributed by atoms with Crippen molar-refractivity contribution in [2.24, 2.45) is 4.99 Å². The van der Waals surface area contributed by atoms with Crippen LogP contribution >= 0.6 is 11.8 Å². The van der Waals surface area contributed by atoms with Crippen molar-refractivity contribution < 1.29 is 9.53 Å². The van der Waals surface area contributed by atoms with Gasteiger partial charge in [-0.1, -0.05) is 13.0 Å². The van der Waals surface area contributed by atoms with Gasteiger partial charge in [-0.05, 0) is 98.5 Å². The molecule has 2 saturated heterocycles. The molecule has 2 aromatic carbocycles. The lowest BCUT2D eigenvalue weighted by Gasteiger charge is -2.45. The highest BCUT2D eigenvalue weighted by atomic mass is 32.2. The zero-order valence-electron chi connectivity index (χ0n) is 22.0. The number of ether oxygens (including phenoxy) is 1. The third kappa shape index (κ3) is 4.78. The Labute approximate surface area is 219 Å². The molecule has 0 bridgehead atoms. The lowest BCUT2D eigenvalue weighted by molar-refractivity contribution is -0.122. The molecule has 0 aliphatic carbocycles. The maximum atomic E-state index is 13.2. The Bertz CT molecular complexity index is 1200. The number of hydrogen-bond donors (Lipinski definition) is 0. The second-order valence-electron chi connectivity index (χ2n) is 10.5. The largest absolute Gasteiger partial charge is 0.378 e. The normalized spacial score (nSPS) is 24.1. The second kappa shape index (κ2) is 9.94. The van der Waals surface area contributed by atoms with Crippen LogP contribution in [0.4, 0.5) is 17.1 Å². The van der Waals surface area contributed by atoms with Crippen LogP contribution in [0, 0.1) is 0 Å². The number of benzene rings is 2. The van der Waals surface area contributed by atoms with Gasteiger partial charge >= 0.3 is 0 Å². The molecule has 2 aromatic rings. The minimum atomic E-state index is 0.0233. The fourth-order valence-electron chi connectivity index (χ4n) is 5.38. The zero-order chi connectivity index (χ0) is 25.4. The van der Waals surface area contributed by atoms with E-state index >= 15 is 0 Å². The van der Waals surface area contributed by atoms with E-state index in [0.717, 1.165) is 54.0 Å². The SMILES string of the molecule is CCN1C(=O)/C(=C/c2ccc3c(c2)[C@@H](C)CC(C)(C)N3C)SC1=Nc1ccc(N2CCOCC2)cc1. The first-order valence-electron chi connectivity index (χ1n) is 12.9. The lowest BCUT2D eigenvalue weighted by Crippen LogP contribution is -2.45. The van der Waals surface area contributed by atoms with E-state index in [-0.39, 0.29) is 11.4 Å². The summed E-state index contributed by atoms with van der Waals surface area (Å²) in [5, 5.41) is 0.737. The minimum absolute atomic E-state index is 0.0233. The number of anilines is 2. The van der Waals surface area contributed by atoms with Crippen LogP contribution in [0.25, 0.3) is 6.08 Å². The Hall–Kier alpha value is -2.77. The van der Waals surface area contributed by atoms with Crippen molar-refractivity contribution in [2.45, 2.75) is 45.6 Å². The third-order valence-electron chi connectivity index (χ3n) is 7.61. The summed E-state index contributed by atoms with van der Waals surface area (Å²) < 4.78 is 5.45. The van der Waals surface area contributed by atoms with E-state index in [1.54, 1.807) is 4.90 Å². The van der Waals surface area contributed by atoms with Crippen molar-refractivity contribution in [1.82, 2.24) is 4.90 Å². The number of fused-ring (bicyclic) bond motifs is 1. The molecule has 0 aromatic heterocycles. The van der Waals surface area contributed by atoms with E-state index in [2.05, 4.69) is 68.0 Å². The highest BCUT2D eigenvalue weighted by molar-refractivity contribution is 8.18. The van der Waals surface area contributed by atoms with Crippen LogP contribution in [0.3, 0.4) is 0 Å². The van der Waals surface area contributed by atoms with E-state index in [0.29, 0.717) is 12.5 Å². The van der Waals surface area contributed by atoms with E-state index in [9.17, 15) is 4.79 Å². The van der Waals surface area contributed by atoms with Gasteiger partial charge in [-0.2, -0.15) is 0 Å². The molecule has 1 atom stereocenters. The Morgan fingerprint density at radius 1 is 1.14 bits per heavy atom. The molecule has 3 heterocycles. The van der Waals surface area contributed by atoms with Gasteiger partial charge in [-0.3, -0.25) is 9.69 Å². The van der Waals surface area contributed by atoms with Crippen LogP contribution in [0.5, 0.6) is 0 Å². The van der Waals surface area contributed by atoms with Crippen LogP contribution in [0.2, 0.25) is 0 Å². The molecule has 0 N–H and O–H groups in total. The highest BCUT2D eigenvalue weighted by Gasteiger charge is 2.35. The average molecular weight is 505 g/mol. The first-order valence-corrected chi connectivity index (χ1v) is 13.7. The van der Waals surface area contributed by atoms with Gasteiger partial charge in [-0.25, -0.2) is 4.99 Å². The summed E-state index contributed by atoms with van der Waals surface area (Å²) in [5.41, 5.74) is 5.87. The number of thioether (sulfide) groups is 1. The number of aliphatic imine (C=N–C) groups is 1. The van der Waals surface area contributed by atoms with Gasteiger partial charge in [0, 0.05) is 43.6 Å². The number of amidine groups is 1. The topological polar surface area (TPSA) is 48.4 Å². The van der Waals surface area contributed by atoms with E-state index in [1.165, 1.54) is 28.7 Å². The third-order valence-corrected chi connectivity index (χ3v) is 8.62. The number of hydrogen-bond acceptors (Lipinski definition) is 6. The first-order chi connectivity index (χ1) is 17.3. The highest BCUT2D eigenvalue weighted by Crippen LogP contribution is 2.43. The van der Waals surface area contributed by atoms with Crippen molar-refractivity contribution in [3.05, 3.63) is 58.5 Å². The van der Waals surface area contributed by atoms with Gasteiger partial charge in [0.05, 0.1) is 23.8 Å². The predicted octanol–water partition coefficient (Wildman–Crippen LogP) is 5.87. The summed E-state index contributed by atoms with van der Waals surface area (Å²) in [6, 6.07) is 14.8. The number of likely N-dealkylation sites (N-methyl/N-ethyl adjacent to an activating group) is 1. The molecule has 7 heteroatoms. The average Bonchev–Trinajstić information content (AvgIpc) is 3.16. The molecule has 0 saturated carbocycles. The smallest absolute Gasteiger partial charge is 0.266 e. The molecule has 0 unspecified atom stereocenters. The van der Waals surface area contributed by atoms with Crippen molar-refractivity contribution in [3.8, 4) is 0 Å². The van der Waals surface area contributed by atoms with E-state index in [1.807, 2.05) is 25.1 Å². The first kappa shape index (κ1) is 24.9. The molecular weight excluding hydrogens is 468 g/mol. The van der Waals surface area contributed by atoms with Crippen molar-refractivity contribution >= 4 is 46.0 Å². The zero-order valence-corrected chi connectivity index (χ0v) is 22.8. The van der Waals surface area contributed by atoms with Crippen molar-refractivity contribution in [3.63, 3.8) is 0 Å². The number of carbonyl (C=O) groups is 1. The quantitative estimate of drug-likeness (QED) is 0.488. The molecule has 0 radical (unpaired) electrons. The predicted molar refractivity (Wildman–Crippen MR) is 151 cm³/mol. The summed E-state index contributed by atoms with van der Waals surface area (Å²) in [5.74, 6) is 0.497. The standard InChI is InChI=1S/C29H36N4O2S/c1-6-33-27(34)26(18-21-7-12-25-24(17-21)20(2)19-29(3,4)31(25)5)36-28(33)30-22-8-10-23(11-9-22)32-13-15-35-16-14-32/h7-12,17-18,20H,6,13-16,19H2,1-5H3/b26-18-,30-28?/t20-/m0/s1. The molecule has 6 nitrogen and oxygen atoms in total. The van der Waals surface area contributed by atoms with Gasteiger partial charge in [-0.15, -0.1) is 0 Å². The van der Waals surface area contributed by atoms with Crippen LogP contribution in [0.15, 0.2) is 52.4 Å². The lowest BCUT2D eigenvalue weighted by atomic mass is 9.80.